The summed E-state index contributed by atoms with van der Waals surface area (Å²) in [7, 11) is 0. The van der Waals surface area contributed by atoms with Crippen LogP contribution < -0.4 is 15.0 Å². The Morgan fingerprint density at radius 1 is 1.48 bits per heavy atom. The van der Waals surface area contributed by atoms with E-state index >= 15 is 0 Å². The Kier molecular flexibility index (Phi) is 6.13. The van der Waals surface area contributed by atoms with Gasteiger partial charge in [0.2, 0.25) is 5.91 Å². The summed E-state index contributed by atoms with van der Waals surface area (Å²) < 4.78 is 10.6. The van der Waals surface area contributed by atoms with Crippen LogP contribution in [0.3, 0.4) is 0 Å². The summed E-state index contributed by atoms with van der Waals surface area (Å²) >= 11 is 0. The van der Waals surface area contributed by atoms with Crippen LogP contribution in [0.15, 0.2) is 36.9 Å². The van der Waals surface area contributed by atoms with E-state index in [2.05, 4.69) is 11.9 Å². The summed E-state index contributed by atoms with van der Waals surface area (Å²) in [6.45, 7) is 4.72. The van der Waals surface area contributed by atoms with E-state index in [1.807, 2.05) is 0 Å². The van der Waals surface area contributed by atoms with Gasteiger partial charge >= 0.3 is 5.97 Å². The van der Waals surface area contributed by atoms with Crippen LogP contribution >= 0.6 is 0 Å². The molecule has 0 saturated carbocycles. The minimum absolute atomic E-state index is 0.173. The van der Waals surface area contributed by atoms with Gasteiger partial charge in [0.1, 0.15) is 12.3 Å². The number of hydrogen-bond donors (Lipinski definition) is 2. The highest BCUT2D eigenvalue weighted by Gasteiger charge is 2.33. The molecular formula is C17H20N2O6. The first-order chi connectivity index (χ1) is 11.9. The number of fused-ring (bicyclic) bond motifs is 1. The summed E-state index contributed by atoms with van der Waals surface area (Å²) in [6.07, 6.45) is 0.750. The molecule has 8 nitrogen and oxygen atoms in total. The second kappa shape index (κ2) is 8.29. The van der Waals surface area contributed by atoms with E-state index in [0.29, 0.717) is 11.4 Å². The number of para-hydroxylation sites is 2. The molecule has 0 saturated heterocycles. The van der Waals surface area contributed by atoms with Crippen molar-refractivity contribution in [2.45, 2.75) is 19.1 Å². The molecule has 2 rings (SSSR count). The van der Waals surface area contributed by atoms with Crippen LogP contribution in [0, 0.1) is 0 Å². The number of carbonyl (C=O) groups is 3. The smallest absolute Gasteiger partial charge is 0.328 e. The number of hydrogen-bond acceptors (Lipinski definition) is 5. The molecule has 0 aliphatic carbocycles. The first-order valence-corrected chi connectivity index (χ1v) is 7.72. The summed E-state index contributed by atoms with van der Waals surface area (Å²) in [5, 5.41) is 11.5. The van der Waals surface area contributed by atoms with Gasteiger partial charge in [0.25, 0.3) is 5.91 Å². The van der Waals surface area contributed by atoms with Gasteiger partial charge in [-0.25, -0.2) is 4.79 Å². The summed E-state index contributed by atoms with van der Waals surface area (Å²) in [5.74, 6) is -1.71. The molecular weight excluding hydrogens is 328 g/mol. The molecule has 1 aromatic carbocycles. The molecule has 2 N–H and O–H groups in total. The molecule has 0 radical (unpaired) electrons. The molecule has 0 spiro atoms. The van der Waals surface area contributed by atoms with Crippen LogP contribution in [-0.4, -0.2) is 54.8 Å². The van der Waals surface area contributed by atoms with Gasteiger partial charge in [0.05, 0.1) is 18.9 Å². The van der Waals surface area contributed by atoms with Crippen LogP contribution in [0.5, 0.6) is 5.75 Å². The molecule has 0 aromatic heterocycles. The van der Waals surface area contributed by atoms with Gasteiger partial charge in [-0.3, -0.25) is 14.5 Å². The maximum atomic E-state index is 12.3. The Bertz CT molecular complexity index is 675. The van der Waals surface area contributed by atoms with Gasteiger partial charge in [-0.1, -0.05) is 18.2 Å². The number of nitrogens with zero attached hydrogens (tertiary/aromatic N) is 1. The molecule has 8 heteroatoms. The Labute approximate surface area is 145 Å². The second-order valence-electron chi connectivity index (χ2n) is 5.44. The number of carboxylic acid groups (broad SMARTS) is 1. The van der Waals surface area contributed by atoms with Crippen molar-refractivity contribution in [3.8, 4) is 5.75 Å². The zero-order valence-electron chi connectivity index (χ0n) is 13.8. The van der Waals surface area contributed by atoms with Gasteiger partial charge in [0, 0.05) is 0 Å². The van der Waals surface area contributed by atoms with Crippen molar-refractivity contribution >= 4 is 23.5 Å². The number of ether oxygens (including phenoxy) is 2. The van der Waals surface area contributed by atoms with Crippen LogP contribution in [0.4, 0.5) is 5.69 Å². The highest BCUT2D eigenvalue weighted by molar-refractivity contribution is 6.04. The Balaban J connectivity index is 2.07. The summed E-state index contributed by atoms with van der Waals surface area (Å²) in [5.41, 5.74) is 0.468. The largest absolute Gasteiger partial charge is 0.480 e. The fourth-order valence-corrected chi connectivity index (χ4v) is 2.35. The van der Waals surface area contributed by atoms with E-state index in [4.69, 9.17) is 14.6 Å². The first kappa shape index (κ1) is 18.5. The van der Waals surface area contributed by atoms with E-state index < -0.39 is 24.0 Å². The maximum Gasteiger partial charge on any atom is 0.328 e. The van der Waals surface area contributed by atoms with Crippen molar-refractivity contribution in [1.29, 1.82) is 0 Å². The highest BCUT2D eigenvalue weighted by atomic mass is 16.5. The van der Waals surface area contributed by atoms with E-state index in [1.165, 1.54) is 11.0 Å². The van der Waals surface area contributed by atoms with Crippen LogP contribution in [-0.2, 0) is 19.1 Å². The van der Waals surface area contributed by atoms with Crippen LogP contribution in [0.2, 0.25) is 0 Å². The van der Waals surface area contributed by atoms with Crippen molar-refractivity contribution < 1.29 is 29.0 Å². The normalized spacial score (nSPS) is 17.2. The van der Waals surface area contributed by atoms with E-state index in [-0.39, 0.29) is 25.7 Å². The topological polar surface area (TPSA) is 105 Å². The standard InChI is InChI=1S/C17H20N2O6/c1-3-8-24-10-12(17(22)23)18-15(20)9-19-13-6-4-5-7-14(13)25-11(2)16(19)21/h3-7,11-12H,1,8-10H2,2H3,(H,18,20)(H,22,23). The monoisotopic (exact) mass is 348 g/mol. The van der Waals surface area contributed by atoms with E-state index in [9.17, 15) is 14.4 Å². The van der Waals surface area contributed by atoms with E-state index in [0.717, 1.165) is 0 Å². The lowest BCUT2D eigenvalue weighted by Crippen LogP contribution is -2.52. The predicted molar refractivity (Wildman–Crippen MR) is 89.5 cm³/mol. The minimum Gasteiger partial charge on any atom is -0.480 e. The molecule has 25 heavy (non-hydrogen) atoms. The molecule has 0 fully saturated rings. The van der Waals surface area contributed by atoms with Gasteiger partial charge < -0.3 is 19.9 Å². The molecule has 2 amide bonds. The number of rotatable bonds is 8. The maximum absolute atomic E-state index is 12.3. The number of benzene rings is 1. The molecule has 1 aliphatic heterocycles. The van der Waals surface area contributed by atoms with Crippen molar-refractivity contribution in [3.05, 3.63) is 36.9 Å². The van der Waals surface area contributed by atoms with Gasteiger partial charge in [-0.15, -0.1) is 6.58 Å². The Hall–Kier alpha value is -2.87. The average Bonchev–Trinajstić information content (AvgIpc) is 2.58. The predicted octanol–water partition coefficient (Wildman–Crippen LogP) is 0.573. The number of carbonyl (C=O) groups excluding carboxylic acids is 2. The third-order valence-electron chi connectivity index (χ3n) is 3.53. The van der Waals surface area contributed by atoms with Crippen molar-refractivity contribution in [1.82, 2.24) is 5.32 Å². The zero-order valence-corrected chi connectivity index (χ0v) is 13.8. The molecule has 1 heterocycles. The molecule has 2 unspecified atom stereocenters. The molecule has 0 bridgehead atoms. The number of anilines is 1. The Morgan fingerprint density at radius 2 is 2.20 bits per heavy atom. The van der Waals surface area contributed by atoms with E-state index in [1.54, 1.807) is 31.2 Å². The second-order valence-corrected chi connectivity index (χ2v) is 5.44. The van der Waals surface area contributed by atoms with Crippen molar-refractivity contribution in [2.75, 3.05) is 24.7 Å². The minimum atomic E-state index is -1.22. The first-order valence-electron chi connectivity index (χ1n) is 7.72. The summed E-state index contributed by atoms with van der Waals surface area (Å²) in [4.78, 5) is 37.1. The van der Waals surface area contributed by atoms with Gasteiger partial charge in [-0.05, 0) is 19.1 Å². The van der Waals surface area contributed by atoms with Gasteiger partial charge in [0.15, 0.2) is 12.1 Å². The van der Waals surface area contributed by atoms with Crippen LogP contribution in [0.25, 0.3) is 0 Å². The highest BCUT2D eigenvalue weighted by Crippen LogP contribution is 2.33. The number of nitrogens with one attached hydrogen (secondary N) is 1. The molecule has 134 valence electrons. The molecule has 1 aromatic rings. The fraction of sp³-hybridized carbons (Fsp3) is 0.353. The number of aliphatic carboxylic acids is 1. The SMILES string of the molecule is C=CCOCC(NC(=O)CN1C(=O)C(C)Oc2ccccc21)C(=O)O. The molecule has 1 aliphatic rings. The van der Waals surface area contributed by atoms with Crippen molar-refractivity contribution in [2.24, 2.45) is 0 Å². The lowest BCUT2D eigenvalue weighted by atomic mass is 10.2. The van der Waals surface area contributed by atoms with Gasteiger partial charge in [-0.2, -0.15) is 0 Å². The third kappa shape index (κ3) is 4.57. The Morgan fingerprint density at radius 3 is 2.88 bits per heavy atom. The quantitative estimate of drug-likeness (QED) is 0.526. The average molecular weight is 348 g/mol. The zero-order chi connectivity index (χ0) is 18.4. The summed E-state index contributed by atoms with van der Waals surface area (Å²) in [6, 6.07) is 5.63. The third-order valence-corrected chi connectivity index (χ3v) is 3.53. The lowest BCUT2D eigenvalue weighted by molar-refractivity contribution is -0.143. The number of amides is 2. The molecule has 2 atom stereocenters. The fourth-order valence-electron chi connectivity index (χ4n) is 2.35. The van der Waals surface area contributed by atoms with Crippen molar-refractivity contribution in [3.63, 3.8) is 0 Å². The lowest BCUT2D eigenvalue weighted by Gasteiger charge is -2.32. The number of carboxylic acids is 1. The van der Waals surface area contributed by atoms with Crippen LogP contribution in [0.1, 0.15) is 6.92 Å².